The van der Waals surface area contributed by atoms with Crippen molar-refractivity contribution in [1.82, 2.24) is 9.97 Å². The molecule has 0 atom stereocenters. The fourth-order valence-electron chi connectivity index (χ4n) is 2.03. The average molecular weight is 306 g/mol. The van der Waals surface area contributed by atoms with E-state index in [1.54, 1.807) is 0 Å². The van der Waals surface area contributed by atoms with Crippen LogP contribution in [0.2, 0.25) is 5.15 Å². The topological polar surface area (TPSA) is 47.0 Å². The quantitative estimate of drug-likeness (QED) is 0.822. The SMILES string of the molecule is CCOCc1ccccc1CNc1nc(C)nc(Cl)c1C. The fourth-order valence-corrected chi connectivity index (χ4v) is 2.24. The summed E-state index contributed by atoms with van der Waals surface area (Å²) < 4.78 is 5.50. The maximum atomic E-state index is 6.09. The standard InChI is InChI=1S/C16H20ClN3O/c1-4-21-10-14-8-6-5-7-13(14)9-18-16-11(2)15(17)19-12(3)20-16/h5-8H,4,9-10H2,1-3H3,(H,18,19,20). The van der Waals surface area contributed by atoms with Crippen LogP contribution in [-0.4, -0.2) is 16.6 Å². The van der Waals surface area contributed by atoms with Crippen molar-refractivity contribution in [2.24, 2.45) is 0 Å². The van der Waals surface area contributed by atoms with Crippen molar-refractivity contribution in [2.45, 2.75) is 33.9 Å². The number of halogens is 1. The number of aryl methyl sites for hydroxylation is 1. The van der Waals surface area contributed by atoms with Crippen LogP contribution in [0.5, 0.6) is 0 Å². The zero-order valence-corrected chi connectivity index (χ0v) is 13.4. The van der Waals surface area contributed by atoms with E-state index >= 15 is 0 Å². The van der Waals surface area contributed by atoms with Gasteiger partial charge in [-0.15, -0.1) is 0 Å². The van der Waals surface area contributed by atoms with E-state index < -0.39 is 0 Å². The van der Waals surface area contributed by atoms with E-state index in [0.717, 1.165) is 11.4 Å². The van der Waals surface area contributed by atoms with E-state index in [4.69, 9.17) is 16.3 Å². The second kappa shape index (κ2) is 7.38. The first-order valence-electron chi connectivity index (χ1n) is 7.01. The maximum Gasteiger partial charge on any atom is 0.137 e. The second-order valence-corrected chi connectivity index (χ2v) is 5.15. The lowest BCUT2D eigenvalue weighted by atomic mass is 10.1. The Bertz CT molecular complexity index is 616. The van der Waals surface area contributed by atoms with Gasteiger partial charge in [0.05, 0.1) is 6.61 Å². The van der Waals surface area contributed by atoms with Crippen molar-refractivity contribution in [3.05, 3.63) is 51.9 Å². The number of hydrogen-bond donors (Lipinski definition) is 1. The van der Waals surface area contributed by atoms with Crippen molar-refractivity contribution in [2.75, 3.05) is 11.9 Å². The fraction of sp³-hybridized carbons (Fsp3) is 0.375. The molecule has 112 valence electrons. The molecule has 1 heterocycles. The molecule has 0 fully saturated rings. The molecule has 1 N–H and O–H groups in total. The van der Waals surface area contributed by atoms with Gasteiger partial charge >= 0.3 is 0 Å². The van der Waals surface area contributed by atoms with Gasteiger partial charge in [-0.25, -0.2) is 9.97 Å². The Morgan fingerprint density at radius 1 is 1.14 bits per heavy atom. The molecule has 0 aliphatic rings. The summed E-state index contributed by atoms with van der Waals surface area (Å²) >= 11 is 6.09. The summed E-state index contributed by atoms with van der Waals surface area (Å²) in [5, 5.41) is 3.83. The van der Waals surface area contributed by atoms with E-state index in [9.17, 15) is 0 Å². The first-order chi connectivity index (χ1) is 10.1. The minimum atomic E-state index is 0.493. The molecule has 0 saturated heterocycles. The molecule has 2 aromatic rings. The van der Waals surface area contributed by atoms with Crippen molar-refractivity contribution in [3.8, 4) is 0 Å². The van der Waals surface area contributed by atoms with Crippen LogP contribution < -0.4 is 5.32 Å². The van der Waals surface area contributed by atoms with Gasteiger partial charge < -0.3 is 10.1 Å². The lowest BCUT2D eigenvalue weighted by Crippen LogP contribution is -2.08. The lowest BCUT2D eigenvalue weighted by molar-refractivity contribution is 0.133. The van der Waals surface area contributed by atoms with Crippen LogP contribution >= 0.6 is 11.6 Å². The first kappa shape index (κ1) is 15.7. The highest BCUT2D eigenvalue weighted by Crippen LogP contribution is 2.21. The Morgan fingerprint density at radius 2 is 1.86 bits per heavy atom. The van der Waals surface area contributed by atoms with Gasteiger partial charge in [0.2, 0.25) is 0 Å². The van der Waals surface area contributed by atoms with Crippen LogP contribution in [0.25, 0.3) is 0 Å². The molecule has 0 amide bonds. The number of hydrogen-bond acceptors (Lipinski definition) is 4. The predicted molar refractivity (Wildman–Crippen MR) is 85.6 cm³/mol. The van der Waals surface area contributed by atoms with Gasteiger partial charge in [-0.1, -0.05) is 35.9 Å². The highest BCUT2D eigenvalue weighted by Gasteiger charge is 2.08. The molecule has 1 aromatic carbocycles. The molecule has 2 rings (SSSR count). The molecule has 0 saturated carbocycles. The van der Waals surface area contributed by atoms with E-state index in [0.29, 0.717) is 30.7 Å². The van der Waals surface area contributed by atoms with Gasteiger partial charge in [0.1, 0.15) is 16.8 Å². The van der Waals surface area contributed by atoms with E-state index in [1.807, 2.05) is 32.9 Å². The smallest absolute Gasteiger partial charge is 0.137 e. The Balaban J connectivity index is 2.13. The molecule has 0 bridgehead atoms. The molecule has 21 heavy (non-hydrogen) atoms. The maximum absolute atomic E-state index is 6.09. The molecule has 5 heteroatoms. The zero-order chi connectivity index (χ0) is 15.2. The van der Waals surface area contributed by atoms with Crippen molar-refractivity contribution >= 4 is 17.4 Å². The minimum absolute atomic E-state index is 0.493. The van der Waals surface area contributed by atoms with Crippen LogP contribution in [0.4, 0.5) is 5.82 Å². The molecule has 1 aromatic heterocycles. The van der Waals surface area contributed by atoms with E-state index in [1.165, 1.54) is 11.1 Å². The monoisotopic (exact) mass is 305 g/mol. The number of anilines is 1. The summed E-state index contributed by atoms with van der Waals surface area (Å²) in [6.07, 6.45) is 0. The Hall–Kier alpha value is -1.65. The summed E-state index contributed by atoms with van der Waals surface area (Å²) in [5.41, 5.74) is 3.24. The minimum Gasteiger partial charge on any atom is -0.377 e. The molecular weight excluding hydrogens is 286 g/mol. The third kappa shape index (κ3) is 4.16. The predicted octanol–water partition coefficient (Wildman–Crippen LogP) is 3.90. The van der Waals surface area contributed by atoms with Crippen molar-refractivity contribution in [1.29, 1.82) is 0 Å². The number of nitrogens with zero attached hydrogens (tertiary/aromatic N) is 2. The number of rotatable bonds is 6. The summed E-state index contributed by atoms with van der Waals surface area (Å²) in [7, 11) is 0. The van der Waals surface area contributed by atoms with Gasteiger partial charge in [-0.05, 0) is 31.9 Å². The van der Waals surface area contributed by atoms with Gasteiger partial charge in [0.15, 0.2) is 0 Å². The highest BCUT2D eigenvalue weighted by molar-refractivity contribution is 6.30. The van der Waals surface area contributed by atoms with Gasteiger partial charge in [-0.3, -0.25) is 0 Å². The Labute approximate surface area is 130 Å². The summed E-state index contributed by atoms with van der Waals surface area (Å²) in [6.45, 7) is 7.75. The second-order valence-electron chi connectivity index (χ2n) is 4.79. The average Bonchev–Trinajstić information content (AvgIpc) is 2.48. The molecule has 0 aliphatic heterocycles. The zero-order valence-electron chi connectivity index (χ0n) is 12.6. The van der Waals surface area contributed by atoms with E-state index in [-0.39, 0.29) is 0 Å². The summed E-state index contributed by atoms with van der Waals surface area (Å²) in [4.78, 5) is 8.54. The molecule has 0 unspecified atom stereocenters. The van der Waals surface area contributed by atoms with E-state index in [2.05, 4.69) is 27.4 Å². The third-order valence-electron chi connectivity index (χ3n) is 3.22. The van der Waals surface area contributed by atoms with Gasteiger partial charge in [0.25, 0.3) is 0 Å². The highest BCUT2D eigenvalue weighted by atomic mass is 35.5. The number of aromatic nitrogens is 2. The molecular formula is C16H20ClN3O. The third-order valence-corrected chi connectivity index (χ3v) is 3.59. The molecule has 0 aliphatic carbocycles. The number of ether oxygens (including phenoxy) is 1. The van der Waals surface area contributed by atoms with Gasteiger partial charge in [-0.2, -0.15) is 0 Å². The van der Waals surface area contributed by atoms with Crippen LogP contribution in [0.1, 0.15) is 29.4 Å². The summed E-state index contributed by atoms with van der Waals surface area (Å²) in [5.74, 6) is 1.44. The van der Waals surface area contributed by atoms with Crippen LogP contribution in [0.15, 0.2) is 24.3 Å². The number of nitrogens with one attached hydrogen (secondary N) is 1. The van der Waals surface area contributed by atoms with Crippen LogP contribution in [0.3, 0.4) is 0 Å². The Morgan fingerprint density at radius 3 is 2.57 bits per heavy atom. The van der Waals surface area contributed by atoms with Crippen molar-refractivity contribution < 1.29 is 4.74 Å². The Kier molecular flexibility index (Phi) is 5.53. The molecule has 0 spiro atoms. The largest absolute Gasteiger partial charge is 0.377 e. The van der Waals surface area contributed by atoms with Crippen LogP contribution in [-0.2, 0) is 17.9 Å². The number of benzene rings is 1. The first-order valence-corrected chi connectivity index (χ1v) is 7.38. The van der Waals surface area contributed by atoms with Gasteiger partial charge in [0, 0.05) is 18.7 Å². The lowest BCUT2D eigenvalue weighted by Gasteiger charge is -2.13. The van der Waals surface area contributed by atoms with Crippen LogP contribution in [0, 0.1) is 13.8 Å². The van der Waals surface area contributed by atoms with Crippen molar-refractivity contribution in [3.63, 3.8) is 0 Å². The molecule has 4 nitrogen and oxygen atoms in total. The molecule has 0 radical (unpaired) electrons. The summed E-state index contributed by atoms with van der Waals surface area (Å²) in [6, 6.07) is 8.22. The normalized spacial score (nSPS) is 10.7.